The Balaban J connectivity index is 1.69. The number of aryl methyl sites for hydroxylation is 1. The van der Waals surface area contributed by atoms with Crippen molar-refractivity contribution in [1.29, 1.82) is 0 Å². The van der Waals surface area contributed by atoms with E-state index in [-0.39, 0.29) is 12.3 Å². The molecule has 0 spiro atoms. The van der Waals surface area contributed by atoms with Crippen LogP contribution < -0.4 is 4.74 Å². The van der Waals surface area contributed by atoms with E-state index >= 15 is 0 Å². The van der Waals surface area contributed by atoms with Crippen LogP contribution in [-0.4, -0.2) is 27.2 Å². The summed E-state index contributed by atoms with van der Waals surface area (Å²) in [4.78, 5) is 15.3. The molecular weight excluding hydrogens is 400 g/mol. The summed E-state index contributed by atoms with van der Waals surface area (Å²) in [7, 11) is 0. The molecule has 0 aliphatic heterocycles. The molecule has 1 N–H and O–H groups in total. The number of carbonyl (C=O) groups is 1. The SMILES string of the molecule is Cc1ccc(-c2ncc(Cl)n2Cc2ccccc2OCCC[C@@H](C)CC(=O)O)cc1. The van der Waals surface area contributed by atoms with Gasteiger partial charge in [0.2, 0.25) is 0 Å². The van der Waals surface area contributed by atoms with Crippen LogP contribution in [0.15, 0.2) is 54.7 Å². The van der Waals surface area contributed by atoms with Gasteiger partial charge in [0.15, 0.2) is 0 Å². The molecule has 0 aliphatic rings. The maximum atomic E-state index is 10.8. The average Bonchev–Trinajstić information content (AvgIpc) is 3.07. The number of carboxylic acids is 1. The quantitative estimate of drug-likeness (QED) is 0.414. The lowest BCUT2D eigenvalue weighted by Crippen LogP contribution is -2.08. The van der Waals surface area contributed by atoms with Gasteiger partial charge in [-0.15, -0.1) is 0 Å². The summed E-state index contributed by atoms with van der Waals surface area (Å²) in [6, 6.07) is 16.1. The Hall–Kier alpha value is -2.79. The molecule has 3 aromatic rings. The van der Waals surface area contributed by atoms with Gasteiger partial charge < -0.3 is 14.4 Å². The van der Waals surface area contributed by atoms with Crippen molar-refractivity contribution in [2.24, 2.45) is 5.92 Å². The van der Waals surface area contributed by atoms with Gasteiger partial charge in [-0.25, -0.2) is 4.98 Å². The molecule has 0 bridgehead atoms. The molecule has 1 aromatic heterocycles. The first-order valence-corrected chi connectivity index (χ1v) is 10.5. The smallest absolute Gasteiger partial charge is 0.303 e. The topological polar surface area (TPSA) is 64.4 Å². The van der Waals surface area contributed by atoms with Crippen molar-refractivity contribution >= 4 is 17.6 Å². The second-order valence-corrected chi connectivity index (χ2v) is 8.05. The summed E-state index contributed by atoms with van der Waals surface area (Å²) in [6.45, 7) is 5.10. The monoisotopic (exact) mass is 426 g/mol. The summed E-state index contributed by atoms with van der Waals surface area (Å²) in [5, 5.41) is 9.44. The minimum Gasteiger partial charge on any atom is -0.493 e. The highest BCUT2D eigenvalue weighted by Gasteiger charge is 2.14. The number of imidazole rings is 1. The molecule has 2 aromatic carbocycles. The molecular formula is C24H27ClN2O3. The van der Waals surface area contributed by atoms with Crippen molar-refractivity contribution < 1.29 is 14.6 Å². The molecule has 5 nitrogen and oxygen atoms in total. The van der Waals surface area contributed by atoms with Crippen LogP contribution in [0, 0.1) is 12.8 Å². The molecule has 0 saturated heterocycles. The van der Waals surface area contributed by atoms with Gasteiger partial charge in [-0.05, 0) is 31.7 Å². The molecule has 0 saturated carbocycles. The molecule has 0 radical (unpaired) electrons. The molecule has 1 atom stereocenters. The number of para-hydroxylation sites is 1. The highest BCUT2D eigenvalue weighted by atomic mass is 35.5. The Bertz CT molecular complexity index is 982. The summed E-state index contributed by atoms with van der Waals surface area (Å²) in [6.07, 6.45) is 3.49. The Kier molecular flexibility index (Phi) is 7.52. The third kappa shape index (κ3) is 5.86. The first-order chi connectivity index (χ1) is 14.4. The van der Waals surface area contributed by atoms with Crippen molar-refractivity contribution in [3.05, 3.63) is 71.0 Å². The van der Waals surface area contributed by atoms with Crippen LogP contribution in [0.3, 0.4) is 0 Å². The largest absolute Gasteiger partial charge is 0.493 e. The van der Waals surface area contributed by atoms with E-state index in [9.17, 15) is 4.79 Å². The Morgan fingerprint density at radius 1 is 1.20 bits per heavy atom. The summed E-state index contributed by atoms with van der Waals surface area (Å²) in [5.74, 6) is 1.01. The van der Waals surface area contributed by atoms with E-state index in [2.05, 4.69) is 24.0 Å². The van der Waals surface area contributed by atoms with Gasteiger partial charge in [-0.1, -0.05) is 66.6 Å². The molecule has 158 valence electrons. The van der Waals surface area contributed by atoms with Gasteiger partial charge in [0.1, 0.15) is 16.7 Å². The van der Waals surface area contributed by atoms with Crippen molar-refractivity contribution in [1.82, 2.24) is 9.55 Å². The summed E-state index contributed by atoms with van der Waals surface area (Å²) >= 11 is 6.44. The Labute approximate surface area is 182 Å². The van der Waals surface area contributed by atoms with E-state index in [0.29, 0.717) is 18.3 Å². The lowest BCUT2D eigenvalue weighted by molar-refractivity contribution is -0.138. The third-order valence-electron chi connectivity index (χ3n) is 5.04. The molecule has 0 amide bonds. The molecule has 0 unspecified atom stereocenters. The predicted molar refractivity (Wildman–Crippen MR) is 119 cm³/mol. The maximum absolute atomic E-state index is 10.8. The summed E-state index contributed by atoms with van der Waals surface area (Å²) in [5.41, 5.74) is 3.22. The second kappa shape index (κ2) is 10.3. The molecule has 30 heavy (non-hydrogen) atoms. The minimum atomic E-state index is -0.754. The Morgan fingerprint density at radius 3 is 2.67 bits per heavy atom. The second-order valence-electron chi connectivity index (χ2n) is 7.66. The lowest BCUT2D eigenvalue weighted by Gasteiger charge is -2.15. The third-order valence-corrected chi connectivity index (χ3v) is 5.34. The number of benzene rings is 2. The van der Waals surface area contributed by atoms with Gasteiger partial charge in [0.05, 0.1) is 19.3 Å². The van der Waals surface area contributed by atoms with Gasteiger partial charge >= 0.3 is 5.97 Å². The summed E-state index contributed by atoms with van der Waals surface area (Å²) < 4.78 is 7.99. The van der Waals surface area contributed by atoms with Gasteiger partial charge in [-0.2, -0.15) is 0 Å². The molecule has 6 heteroatoms. The highest BCUT2D eigenvalue weighted by Crippen LogP contribution is 2.27. The van der Waals surface area contributed by atoms with E-state index < -0.39 is 5.97 Å². The maximum Gasteiger partial charge on any atom is 0.303 e. The number of aliphatic carboxylic acids is 1. The zero-order chi connectivity index (χ0) is 21.5. The fourth-order valence-corrected chi connectivity index (χ4v) is 3.59. The van der Waals surface area contributed by atoms with Crippen molar-refractivity contribution in [3.63, 3.8) is 0 Å². The zero-order valence-electron chi connectivity index (χ0n) is 17.3. The molecule has 3 rings (SSSR count). The number of hydrogen-bond acceptors (Lipinski definition) is 3. The number of rotatable bonds is 10. The van der Waals surface area contributed by atoms with E-state index in [1.165, 1.54) is 5.56 Å². The number of nitrogens with zero attached hydrogens (tertiary/aromatic N) is 2. The van der Waals surface area contributed by atoms with Crippen LogP contribution >= 0.6 is 11.6 Å². The van der Waals surface area contributed by atoms with Crippen LogP contribution in [0.1, 0.15) is 37.3 Å². The lowest BCUT2D eigenvalue weighted by atomic mass is 10.0. The number of ether oxygens (including phenoxy) is 1. The van der Waals surface area contributed by atoms with E-state index in [1.807, 2.05) is 47.9 Å². The van der Waals surface area contributed by atoms with Gasteiger partial charge in [0.25, 0.3) is 0 Å². The van der Waals surface area contributed by atoms with E-state index in [0.717, 1.165) is 35.5 Å². The van der Waals surface area contributed by atoms with Gasteiger partial charge in [-0.3, -0.25) is 4.79 Å². The average molecular weight is 427 g/mol. The van der Waals surface area contributed by atoms with Crippen molar-refractivity contribution in [2.75, 3.05) is 6.61 Å². The first-order valence-electron chi connectivity index (χ1n) is 10.1. The minimum absolute atomic E-state index is 0.142. The van der Waals surface area contributed by atoms with Crippen LogP contribution in [0.25, 0.3) is 11.4 Å². The van der Waals surface area contributed by atoms with Crippen LogP contribution in [-0.2, 0) is 11.3 Å². The van der Waals surface area contributed by atoms with Crippen molar-refractivity contribution in [3.8, 4) is 17.1 Å². The normalized spacial score (nSPS) is 12.0. The first kappa shape index (κ1) is 21.9. The van der Waals surface area contributed by atoms with E-state index in [4.69, 9.17) is 21.4 Å². The molecule has 0 fully saturated rings. The zero-order valence-corrected chi connectivity index (χ0v) is 18.1. The number of aromatic nitrogens is 2. The van der Waals surface area contributed by atoms with Crippen LogP contribution in [0.2, 0.25) is 5.15 Å². The van der Waals surface area contributed by atoms with Crippen LogP contribution in [0.4, 0.5) is 0 Å². The Morgan fingerprint density at radius 2 is 1.93 bits per heavy atom. The van der Waals surface area contributed by atoms with Crippen LogP contribution in [0.5, 0.6) is 5.75 Å². The molecule has 1 heterocycles. The highest BCUT2D eigenvalue weighted by molar-refractivity contribution is 6.29. The number of halogens is 1. The fourth-order valence-electron chi connectivity index (χ4n) is 3.40. The predicted octanol–water partition coefficient (Wildman–Crippen LogP) is 5.83. The standard InChI is InChI=1S/C24H27ClN2O3/c1-17-9-11-19(12-10-17)24-26-15-22(25)27(24)16-20-7-3-4-8-21(20)30-13-5-6-18(2)14-23(28)29/h3-4,7-12,15,18H,5-6,13-14,16H2,1-2H3,(H,28,29)/t18-/m1/s1. The number of hydrogen-bond donors (Lipinski definition) is 1. The van der Waals surface area contributed by atoms with Gasteiger partial charge in [0, 0.05) is 17.5 Å². The van der Waals surface area contributed by atoms with Crippen molar-refractivity contribution in [2.45, 2.75) is 39.7 Å². The fraction of sp³-hybridized carbons (Fsp3) is 0.333. The molecule has 0 aliphatic carbocycles. The number of carboxylic acid groups (broad SMARTS) is 1. The van der Waals surface area contributed by atoms with E-state index in [1.54, 1.807) is 6.20 Å².